The second kappa shape index (κ2) is 7.91. The van der Waals surface area contributed by atoms with E-state index in [0.29, 0.717) is 6.54 Å². The summed E-state index contributed by atoms with van der Waals surface area (Å²) >= 11 is 0. The van der Waals surface area contributed by atoms with E-state index in [-0.39, 0.29) is 12.1 Å². The number of methoxy groups -OCH3 is 2. The number of aryl methyl sites for hydroxylation is 1. The molecule has 2 aromatic carbocycles. The highest BCUT2D eigenvalue weighted by atomic mass is 16.5. The molecule has 0 radical (unpaired) electrons. The molecule has 0 fully saturated rings. The first kappa shape index (κ1) is 18.9. The van der Waals surface area contributed by atoms with Crippen molar-refractivity contribution in [3.8, 4) is 11.5 Å². The Bertz CT molecular complexity index is 1030. The zero-order valence-corrected chi connectivity index (χ0v) is 16.9. The van der Waals surface area contributed by atoms with Gasteiger partial charge in [-0.25, -0.2) is 4.79 Å². The molecule has 29 heavy (non-hydrogen) atoms. The van der Waals surface area contributed by atoms with Crippen LogP contribution in [0.2, 0.25) is 0 Å². The van der Waals surface area contributed by atoms with Crippen LogP contribution in [-0.2, 0) is 6.54 Å². The summed E-state index contributed by atoms with van der Waals surface area (Å²) in [5, 5.41) is 3.05. The number of carbonyl (C=O) groups is 1. The van der Waals surface area contributed by atoms with Crippen LogP contribution in [0.15, 0.2) is 60.8 Å². The average Bonchev–Trinajstić information content (AvgIpc) is 3.21. The number of nitrogens with zero attached hydrogens (tertiary/aromatic N) is 2. The maximum Gasteiger partial charge on any atom is 0.322 e. The molecule has 1 aliphatic rings. The first-order chi connectivity index (χ1) is 14.1. The van der Waals surface area contributed by atoms with E-state index in [2.05, 4.69) is 16.0 Å². The van der Waals surface area contributed by atoms with Gasteiger partial charge in [-0.3, -0.25) is 0 Å². The molecule has 3 aromatic rings. The van der Waals surface area contributed by atoms with Crippen LogP contribution in [-0.4, -0.2) is 36.3 Å². The van der Waals surface area contributed by atoms with Gasteiger partial charge in [0.2, 0.25) is 0 Å². The fraction of sp³-hybridized carbons (Fsp3) is 0.261. The monoisotopic (exact) mass is 391 g/mol. The summed E-state index contributed by atoms with van der Waals surface area (Å²) in [5.41, 5.74) is 3.82. The van der Waals surface area contributed by atoms with E-state index in [1.807, 2.05) is 66.6 Å². The van der Waals surface area contributed by atoms with E-state index in [1.165, 1.54) is 0 Å². The van der Waals surface area contributed by atoms with Gasteiger partial charge in [-0.15, -0.1) is 0 Å². The maximum atomic E-state index is 13.3. The number of rotatable bonds is 4. The predicted molar refractivity (Wildman–Crippen MR) is 113 cm³/mol. The third kappa shape index (κ3) is 3.66. The Balaban J connectivity index is 1.75. The van der Waals surface area contributed by atoms with Gasteiger partial charge in [0.1, 0.15) is 17.5 Å². The van der Waals surface area contributed by atoms with Gasteiger partial charge < -0.3 is 24.3 Å². The number of nitrogens with one attached hydrogen (secondary N) is 1. The minimum atomic E-state index is -0.284. The summed E-state index contributed by atoms with van der Waals surface area (Å²) in [6.45, 7) is 3.34. The summed E-state index contributed by atoms with van der Waals surface area (Å²) in [6.07, 6.45) is 2.05. The lowest BCUT2D eigenvalue weighted by Crippen LogP contribution is -2.44. The van der Waals surface area contributed by atoms with Gasteiger partial charge in [0.15, 0.2) is 0 Å². The fourth-order valence-electron chi connectivity index (χ4n) is 3.90. The number of hydrogen-bond acceptors (Lipinski definition) is 3. The van der Waals surface area contributed by atoms with Crippen LogP contribution >= 0.6 is 0 Å². The lowest BCUT2D eigenvalue weighted by molar-refractivity contribution is 0.180. The number of aromatic nitrogens is 1. The molecule has 6 heteroatoms. The van der Waals surface area contributed by atoms with E-state index in [0.717, 1.165) is 40.6 Å². The molecule has 4 rings (SSSR count). The Morgan fingerprint density at radius 1 is 1.03 bits per heavy atom. The van der Waals surface area contributed by atoms with Gasteiger partial charge in [-0.05, 0) is 55.0 Å². The Labute approximate surface area is 170 Å². The van der Waals surface area contributed by atoms with Crippen LogP contribution in [0, 0.1) is 6.92 Å². The number of urea groups is 1. The molecule has 0 bridgehead atoms. The van der Waals surface area contributed by atoms with Crippen molar-refractivity contribution in [2.45, 2.75) is 19.5 Å². The third-order valence-corrected chi connectivity index (χ3v) is 5.30. The smallest absolute Gasteiger partial charge is 0.322 e. The molecular formula is C23H25N3O3. The largest absolute Gasteiger partial charge is 0.497 e. The molecule has 0 unspecified atom stereocenters. The number of ether oxygens (including phenoxy) is 2. The summed E-state index contributed by atoms with van der Waals surface area (Å²) in [7, 11) is 3.28. The zero-order chi connectivity index (χ0) is 20.4. The summed E-state index contributed by atoms with van der Waals surface area (Å²) in [5.74, 6) is 1.45. The summed E-state index contributed by atoms with van der Waals surface area (Å²) in [6, 6.07) is 17.1. The van der Waals surface area contributed by atoms with Crippen LogP contribution in [0.1, 0.15) is 22.9 Å². The third-order valence-electron chi connectivity index (χ3n) is 5.30. The van der Waals surface area contributed by atoms with E-state index in [9.17, 15) is 4.79 Å². The van der Waals surface area contributed by atoms with Crippen LogP contribution in [0.4, 0.5) is 10.5 Å². The molecular weight excluding hydrogens is 366 g/mol. The lowest BCUT2D eigenvalue weighted by Gasteiger charge is -2.37. The average molecular weight is 391 g/mol. The van der Waals surface area contributed by atoms with Crippen molar-refractivity contribution < 1.29 is 14.3 Å². The van der Waals surface area contributed by atoms with Gasteiger partial charge >= 0.3 is 6.03 Å². The Morgan fingerprint density at radius 3 is 2.66 bits per heavy atom. The zero-order valence-electron chi connectivity index (χ0n) is 16.9. The molecule has 0 saturated heterocycles. The first-order valence-electron chi connectivity index (χ1n) is 9.62. The van der Waals surface area contributed by atoms with E-state index in [1.54, 1.807) is 14.2 Å². The highest BCUT2D eigenvalue weighted by Crippen LogP contribution is 2.39. The van der Waals surface area contributed by atoms with Gasteiger partial charge in [-0.1, -0.05) is 12.1 Å². The first-order valence-corrected chi connectivity index (χ1v) is 9.62. The molecule has 1 N–H and O–H groups in total. The molecule has 150 valence electrons. The van der Waals surface area contributed by atoms with Crippen LogP contribution < -0.4 is 14.8 Å². The molecule has 2 heterocycles. The Morgan fingerprint density at radius 2 is 1.90 bits per heavy atom. The molecule has 0 spiro atoms. The normalized spacial score (nSPS) is 15.6. The standard InChI is InChI=1S/C23H25N3O3/c1-16-6-4-7-17(14-16)24-23(27)26-13-12-25-11-5-8-20(25)22(26)19-15-18(28-2)9-10-21(19)29-3/h4-11,14-15,22H,12-13H2,1-3H3,(H,24,27)/t22-/m0/s1. The number of fused-ring (bicyclic) bond motifs is 1. The molecule has 1 aliphatic heterocycles. The van der Waals surface area contributed by atoms with Crippen molar-refractivity contribution >= 4 is 11.7 Å². The molecule has 0 aliphatic carbocycles. The van der Waals surface area contributed by atoms with Gasteiger partial charge in [0, 0.05) is 36.2 Å². The Hall–Kier alpha value is -3.41. The highest BCUT2D eigenvalue weighted by Gasteiger charge is 2.34. The van der Waals surface area contributed by atoms with E-state index >= 15 is 0 Å². The van der Waals surface area contributed by atoms with Crippen molar-refractivity contribution in [2.75, 3.05) is 26.1 Å². The lowest BCUT2D eigenvalue weighted by atomic mass is 9.98. The quantitative estimate of drug-likeness (QED) is 0.715. The fourth-order valence-corrected chi connectivity index (χ4v) is 3.90. The molecule has 6 nitrogen and oxygen atoms in total. The van der Waals surface area contributed by atoms with Gasteiger partial charge in [0.05, 0.1) is 14.2 Å². The minimum absolute atomic E-state index is 0.141. The Kier molecular flexibility index (Phi) is 5.16. The second-order valence-electron chi connectivity index (χ2n) is 7.13. The number of amides is 2. The topological polar surface area (TPSA) is 55.7 Å². The van der Waals surface area contributed by atoms with E-state index < -0.39 is 0 Å². The van der Waals surface area contributed by atoms with Gasteiger partial charge in [-0.2, -0.15) is 0 Å². The van der Waals surface area contributed by atoms with Crippen molar-refractivity contribution in [1.29, 1.82) is 0 Å². The molecule has 2 amide bonds. The summed E-state index contributed by atoms with van der Waals surface area (Å²) < 4.78 is 13.2. The van der Waals surface area contributed by atoms with Gasteiger partial charge in [0.25, 0.3) is 0 Å². The predicted octanol–water partition coefficient (Wildman–Crippen LogP) is 4.45. The maximum absolute atomic E-state index is 13.3. The van der Waals surface area contributed by atoms with Crippen LogP contribution in [0.3, 0.4) is 0 Å². The van der Waals surface area contributed by atoms with Crippen LogP contribution in [0.25, 0.3) is 0 Å². The van der Waals surface area contributed by atoms with E-state index in [4.69, 9.17) is 9.47 Å². The number of anilines is 1. The molecule has 0 saturated carbocycles. The number of carbonyl (C=O) groups excluding carboxylic acids is 1. The SMILES string of the molecule is COc1ccc(OC)c([C@H]2c3cccn3CCN2C(=O)Nc2cccc(C)c2)c1. The number of benzene rings is 2. The van der Waals surface area contributed by atoms with Crippen molar-refractivity contribution in [1.82, 2.24) is 9.47 Å². The number of hydrogen-bond donors (Lipinski definition) is 1. The van der Waals surface area contributed by atoms with Crippen molar-refractivity contribution in [2.24, 2.45) is 0 Å². The molecule has 1 aromatic heterocycles. The van der Waals surface area contributed by atoms with Crippen molar-refractivity contribution in [3.05, 3.63) is 77.6 Å². The van der Waals surface area contributed by atoms with Crippen LogP contribution in [0.5, 0.6) is 11.5 Å². The molecule has 1 atom stereocenters. The highest BCUT2D eigenvalue weighted by molar-refractivity contribution is 5.90. The second-order valence-corrected chi connectivity index (χ2v) is 7.13. The summed E-state index contributed by atoms with van der Waals surface area (Å²) in [4.78, 5) is 15.1. The van der Waals surface area contributed by atoms with Crippen molar-refractivity contribution in [3.63, 3.8) is 0 Å². The minimum Gasteiger partial charge on any atom is -0.497 e.